The van der Waals surface area contributed by atoms with E-state index >= 15 is 0 Å². The zero-order chi connectivity index (χ0) is 18.6. The molecule has 1 aromatic heterocycles. The van der Waals surface area contributed by atoms with Gasteiger partial charge in [-0.2, -0.15) is 13.2 Å². The van der Waals surface area contributed by atoms with Gasteiger partial charge in [0.15, 0.2) is 0 Å². The fourth-order valence-electron chi connectivity index (χ4n) is 3.04. The molecule has 1 aromatic rings. The van der Waals surface area contributed by atoms with Gasteiger partial charge in [-0.25, -0.2) is 4.79 Å². The van der Waals surface area contributed by atoms with E-state index in [0.717, 1.165) is 18.6 Å². The Balaban J connectivity index is 0.000000277. The second kappa shape index (κ2) is 7.68. The molecule has 25 heavy (non-hydrogen) atoms. The van der Waals surface area contributed by atoms with Crippen LogP contribution < -0.4 is 4.74 Å². The highest BCUT2D eigenvalue weighted by Gasteiger charge is 2.47. The molecule has 2 fully saturated rings. The maximum atomic E-state index is 11.5. The van der Waals surface area contributed by atoms with Gasteiger partial charge < -0.3 is 19.8 Å². The predicted molar refractivity (Wildman–Crippen MR) is 77.7 cm³/mol. The van der Waals surface area contributed by atoms with Crippen molar-refractivity contribution in [1.29, 1.82) is 0 Å². The van der Waals surface area contributed by atoms with Gasteiger partial charge in [0.2, 0.25) is 5.91 Å². The number of nitrogens with zero attached hydrogens (tertiary/aromatic N) is 2. The summed E-state index contributed by atoms with van der Waals surface area (Å²) >= 11 is 0. The number of aliphatic hydroxyl groups excluding tert-OH is 1. The first-order valence-corrected chi connectivity index (χ1v) is 7.49. The van der Waals surface area contributed by atoms with Gasteiger partial charge in [-0.3, -0.25) is 9.78 Å². The van der Waals surface area contributed by atoms with Crippen molar-refractivity contribution in [3.8, 4) is 5.75 Å². The summed E-state index contributed by atoms with van der Waals surface area (Å²) in [6, 6.07) is 3.98. The molecular formula is C15H17F3N2O5. The molecule has 3 atom stereocenters. The van der Waals surface area contributed by atoms with Crippen molar-refractivity contribution in [3.63, 3.8) is 0 Å². The minimum atomic E-state index is -5.08. The number of carboxylic acids is 1. The fourth-order valence-corrected chi connectivity index (χ4v) is 3.04. The van der Waals surface area contributed by atoms with E-state index in [2.05, 4.69) is 4.98 Å². The van der Waals surface area contributed by atoms with Crippen molar-refractivity contribution in [3.05, 3.63) is 24.5 Å². The molecule has 1 aliphatic carbocycles. The first-order chi connectivity index (χ1) is 11.7. The molecule has 7 nitrogen and oxygen atoms in total. The standard InChI is InChI=1S/C13H16N2O3.C2HF3O2/c16-8-13(17)15-7-9-4-10(15)5-12(9)18-11-2-1-3-14-6-11;3-2(4,5)1(6)7/h1-3,6,9-10,12,16H,4-5,7-8H2;(H,6,7)/t9?,10?,12-;/m1./s1. The topological polar surface area (TPSA) is 100.0 Å². The largest absolute Gasteiger partial charge is 0.490 e. The zero-order valence-electron chi connectivity index (χ0n) is 13.0. The predicted octanol–water partition coefficient (Wildman–Crippen LogP) is 1.08. The molecule has 0 radical (unpaired) electrons. The van der Waals surface area contributed by atoms with Crippen molar-refractivity contribution in [1.82, 2.24) is 9.88 Å². The molecule has 0 aromatic carbocycles. The van der Waals surface area contributed by atoms with Gasteiger partial charge in [0.1, 0.15) is 18.5 Å². The number of ether oxygens (including phenoxy) is 1. The molecule has 2 N–H and O–H groups in total. The quantitative estimate of drug-likeness (QED) is 0.835. The molecule has 2 aliphatic rings. The number of amides is 1. The van der Waals surface area contributed by atoms with E-state index in [4.69, 9.17) is 19.7 Å². The lowest BCUT2D eigenvalue weighted by Crippen LogP contribution is -2.44. The summed E-state index contributed by atoms with van der Waals surface area (Å²) in [7, 11) is 0. The summed E-state index contributed by atoms with van der Waals surface area (Å²) in [5, 5.41) is 16.0. The van der Waals surface area contributed by atoms with Crippen LogP contribution in [0.1, 0.15) is 12.8 Å². The van der Waals surface area contributed by atoms with E-state index in [1.807, 2.05) is 12.1 Å². The summed E-state index contributed by atoms with van der Waals surface area (Å²) in [6.45, 7) is 0.312. The smallest absolute Gasteiger partial charge is 0.488 e. The Morgan fingerprint density at radius 2 is 2.04 bits per heavy atom. The first-order valence-electron chi connectivity index (χ1n) is 7.49. The second-order valence-electron chi connectivity index (χ2n) is 5.74. The molecule has 3 rings (SSSR count). The van der Waals surface area contributed by atoms with Gasteiger partial charge in [0.25, 0.3) is 0 Å². The van der Waals surface area contributed by atoms with Crippen LogP contribution in [0.2, 0.25) is 0 Å². The first kappa shape index (κ1) is 19.0. The van der Waals surface area contributed by atoms with E-state index in [1.165, 1.54) is 0 Å². The number of halogens is 3. The van der Waals surface area contributed by atoms with Crippen LogP contribution in [0.15, 0.2) is 24.5 Å². The lowest BCUT2D eigenvalue weighted by molar-refractivity contribution is -0.192. The van der Waals surface area contributed by atoms with Crippen LogP contribution in [0.4, 0.5) is 13.2 Å². The molecule has 2 bridgehead atoms. The lowest BCUT2D eigenvalue weighted by Gasteiger charge is -2.31. The highest BCUT2D eigenvalue weighted by molar-refractivity contribution is 5.78. The van der Waals surface area contributed by atoms with Crippen LogP contribution in [0.5, 0.6) is 5.75 Å². The number of rotatable bonds is 3. The minimum absolute atomic E-state index is 0.165. The zero-order valence-corrected chi connectivity index (χ0v) is 13.0. The van der Waals surface area contributed by atoms with Crippen LogP contribution in [-0.2, 0) is 9.59 Å². The minimum Gasteiger partial charge on any atom is -0.488 e. The Morgan fingerprint density at radius 1 is 1.36 bits per heavy atom. The molecule has 1 saturated heterocycles. The highest BCUT2D eigenvalue weighted by Crippen LogP contribution is 2.39. The van der Waals surface area contributed by atoms with E-state index in [1.54, 1.807) is 17.3 Å². The van der Waals surface area contributed by atoms with Gasteiger partial charge in [-0.15, -0.1) is 0 Å². The normalized spacial score (nSPS) is 24.5. The van der Waals surface area contributed by atoms with Gasteiger partial charge in [-0.1, -0.05) is 0 Å². The van der Waals surface area contributed by atoms with Crippen molar-refractivity contribution >= 4 is 11.9 Å². The summed E-state index contributed by atoms with van der Waals surface area (Å²) in [6.07, 6.45) is 0.349. The number of aromatic nitrogens is 1. The lowest BCUT2D eigenvalue weighted by atomic mass is 10.1. The second-order valence-corrected chi connectivity index (χ2v) is 5.74. The third-order valence-electron chi connectivity index (χ3n) is 4.10. The van der Waals surface area contributed by atoms with Crippen molar-refractivity contribution in [2.75, 3.05) is 13.2 Å². The Morgan fingerprint density at radius 3 is 2.48 bits per heavy atom. The van der Waals surface area contributed by atoms with Gasteiger partial charge in [0.05, 0.1) is 6.20 Å². The summed E-state index contributed by atoms with van der Waals surface area (Å²) in [5.41, 5.74) is 0. The third-order valence-corrected chi connectivity index (χ3v) is 4.10. The van der Waals surface area contributed by atoms with Gasteiger partial charge >= 0.3 is 12.1 Å². The summed E-state index contributed by atoms with van der Waals surface area (Å²) in [4.78, 5) is 26.2. The molecule has 1 saturated carbocycles. The summed E-state index contributed by atoms with van der Waals surface area (Å²) in [5.74, 6) is -1.75. The van der Waals surface area contributed by atoms with E-state index < -0.39 is 18.8 Å². The third kappa shape index (κ3) is 4.81. The number of hydrogen-bond donors (Lipinski definition) is 2. The van der Waals surface area contributed by atoms with Crippen LogP contribution in [0.3, 0.4) is 0 Å². The van der Waals surface area contributed by atoms with Gasteiger partial charge in [-0.05, 0) is 18.6 Å². The molecular weight excluding hydrogens is 345 g/mol. The van der Waals surface area contributed by atoms with E-state index in [-0.39, 0.29) is 18.1 Å². The number of aliphatic carboxylic acids is 1. The van der Waals surface area contributed by atoms with Crippen molar-refractivity contribution in [2.24, 2.45) is 5.92 Å². The molecule has 2 heterocycles. The SMILES string of the molecule is O=C(CO)N1CC2CC1C[C@H]2Oc1cccnc1.O=C(O)C(F)(F)F. The average molecular weight is 362 g/mol. The van der Waals surface area contributed by atoms with Crippen molar-refractivity contribution < 1.29 is 37.7 Å². The van der Waals surface area contributed by atoms with Crippen LogP contribution >= 0.6 is 0 Å². The number of carbonyl (C=O) groups excluding carboxylic acids is 1. The Kier molecular flexibility index (Phi) is 5.83. The fraction of sp³-hybridized carbons (Fsp3) is 0.533. The number of carboxylic acid groups (broad SMARTS) is 1. The van der Waals surface area contributed by atoms with Crippen LogP contribution in [0.25, 0.3) is 0 Å². The molecule has 10 heteroatoms. The highest BCUT2D eigenvalue weighted by atomic mass is 19.4. The number of aliphatic hydroxyl groups is 1. The van der Waals surface area contributed by atoms with Crippen LogP contribution in [0, 0.1) is 5.92 Å². The number of likely N-dealkylation sites (tertiary alicyclic amines) is 1. The molecule has 0 spiro atoms. The maximum absolute atomic E-state index is 11.5. The monoisotopic (exact) mass is 362 g/mol. The number of fused-ring (bicyclic) bond motifs is 2. The number of hydrogen-bond acceptors (Lipinski definition) is 5. The summed E-state index contributed by atoms with van der Waals surface area (Å²) < 4.78 is 37.6. The average Bonchev–Trinajstić information content (AvgIpc) is 3.15. The number of carbonyl (C=O) groups is 2. The molecule has 1 amide bonds. The number of alkyl halides is 3. The maximum Gasteiger partial charge on any atom is 0.490 e. The van der Waals surface area contributed by atoms with Crippen LogP contribution in [-0.4, -0.2) is 63.4 Å². The Bertz CT molecular complexity index is 611. The van der Waals surface area contributed by atoms with E-state index in [0.29, 0.717) is 12.5 Å². The molecule has 138 valence electrons. The van der Waals surface area contributed by atoms with E-state index in [9.17, 15) is 18.0 Å². The van der Waals surface area contributed by atoms with Gasteiger partial charge in [0, 0.05) is 31.1 Å². The number of pyridine rings is 1. The number of piperidine rings is 1. The molecule has 2 unspecified atom stereocenters. The Labute approximate surface area is 141 Å². The Hall–Kier alpha value is -2.36. The van der Waals surface area contributed by atoms with Crippen molar-refractivity contribution in [2.45, 2.75) is 31.2 Å². The molecule has 1 aliphatic heterocycles.